The van der Waals surface area contributed by atoms with Crippen LogP contribution in [-0.4, -0.2) is 37.2 Å². The molecule has 9 nitrogen and oxygen atoms in total. The van der Waals surface area contributed by atoms with E-state index in [0.29, 0.717) is 29.4 Å². The zero-order chi connectivity index (χ0) is 31.9. The molecule has 4 aromatic rings. The van der Waals surface area contributed by atoms with Crippen molar-refractivity contribution in [3.63, 3.8) is 0 Å². The quantitative estimate of drug-likeness (QED) is 0.176. The van der Waals surface area contributed by atoms with E-state index in [1.54, 1.807) is 60.7 Å². The summed E-state index contributed by atoms with van der Waals surface area (Å²) in [6.45, 7) is 6.54. The average Bonchev–Trinajstić information content (AvgIpc) is 3.47. The number of aryl methyl sites for hydroxylation is 1. The Hall–Kier alpha value is -3.93. The third kappa shape index (κ3) is 9.28. The molecule has 0 fully saturated rings. The summed E-state index contributed by atoms with van der Waals surface area (Å²) in [6, 6.07) is 19.4. The fourth-order valence-electron chi connectivity index (χ4n) is 4.05. The van der Waals surface area contributed by atoms with Crippen LogP contribution in [0.15, 0.2) is 83.1 Å². The first-order chi connectivity index (χ1) is 20.8. The van der Waals surface area contributed by atoms with Crippen LogP contribution in [-0.2, 0) is 33.1 Å². The lowest BCUT2D eigenvalue weighted by Gasteiger charge is -2.18. The van der Waals surface area contributed by atoms with E-state index in [4.69, 9.17) is 26.8 Å². The molecule has 3 N–H and O–H groups in total. The van der Waals surface area contributed by atoms with E-state index in [1.807, 2.05) is 5.38 Å². The summed E-state index contributed by atoms with van der Waals surface area (Å²) >= 11 is 7.36. The zero-order valence-corrected chi connectivity index (χ0v) is 27.0. The van der Waals surface area contributed by atoms with Gasteiger partial charge in [-0.25, -0.2) is 13.4 Å². The van der Waals surface area contributed by atoms with E-state index in [0.717, 1.165) is 16.3 Å². The normalized spacial score (nSPS) is 12.4. The Balaban J connectivity index is 1.30. The van der Waals surface area contributed by atoms with Crippen LogP contribution in [0.1, 0.15) is 53.8 Å². The number of thiazole rings is 1. The van der Waals surface area contributed by atoms with E-state index in [9.17, 15) is 18.0 Å². The molecule has 4 rings (SSSR count). The molecule has 0 saturated carbocycles. The van der Waals surface area contributed by atoms with E-state index >= 15 is 0 Å². The number of carbonyl (C=O) groups is 2. The van der Waals surface area contributed by atoms with E-state index in [-0.39, 0.29) is 28.2 Å². The standard InChI is InChI=1S/C32H34ClN3O6S2/c1-32(2,3)27-20-43-28(35-27)19-41-25-8-4-7-22(18-25)30(38)36-31(29(34)37)42-24-13-9-21(10-14-24)6-5-17-44(39,40)26-15-11-23(33)12-16-26/h4,7-16,18,20,31H,5-6,17,19H2,1-3H3,(H2,34,37)(H,36,38). The second-order valence-electron chi connectivity index (χ2n) is 11.1. The number of sulfone groups is 1. The number of hydrogen-bond donors (Lipinski definition) is 2. The Morgan fingerprint density at radius 1 is 1.02 bits per heavy atom. The minimum atomic E-state index is -3.42. The van der Waals surface area contributed by atoms with Crippen LogP contribution in [0, 0.1) is 0 Å². The van der Waals surface area contributed by atoms with Crippen molar-refractivity contribution in [3.8, 4) is 11.5 Å². The maximum absolute atomic E-state index is 12.9. The van der Waals surface area contributed by atoms with E-state index < -0.39 is 27.9 Å². The van der Waals surface area contributed by atoms with Crippen molar-refractivity contribution >= 4 is 44.6 Å². The number of halogens is 1. The van der Waals surface area contributed by atoms with Crippen molar-refractivity contribution < 1.29 is 27.5 Å². The molecule has 0 aliphatic heterocycles. The van der Waals surface area contributed by atoms with Gasteiger partial charge in [0.2, 0.25) is 0 Å². The second kappa shape index (κ2) is 14.2. The van der Waals surface area contributed by atoms with Crippen molar-refractivity contribution in [2.75, 3.05) is 5.75 Å². The SMILES string of the molecule is CC(C)(C)c1csc(COc2cccc(C(=O)NC(Oc3ccc(CCCS(=O)(=O)c4ccc(Cl)cc4)cc3)C(N)=O)c2)n1. The minimum Gasteiger partial charge on any atom is -0.486 e. The largest absolute Gasteiger partial charge is 0.486 e. The lowest BCUT2D eigenvalue weighted by atomic mass is 9.93. The highest BCUT2D eigenvalue weighted by Gasteiger charge is 2.22. The lowest BCUT2D eigenvalue weighted by molar-refractivity contribution is -0.125. The fraction of sp³-hybridized carbons (Fsp3) is 0.281. The topological polar surface area (TPSA) is 138 Å². The molecule has 12 heteroatoms. The number of rotatable bonds is 13. The Morgan fingerprint density at radius 3 is 2.36 bits per heavy atom. The lowest BCUT2D eigenvalue weighted by Crippen LogP contribution is -2.48. The number of carbonyl (C=O) groups excluding carboxylic acids is 2. The molecule has 3 aromatic carbocycles. The van der Waals surface area contributed by atoms with Crippen molar-refractivity contribution in [2.24, 2.45) is 5.73 Å². The number of nitrogens with zero attached hydrogens (tertiary/aromatic N) is 1. The van der Waals surface area contributed by atoms with Crippen molar-refractivity contribution in [2.45, 2.75) is 56.8 Å². The van der Waals surface area contributed by atoms with E-state index in [2.05, 4.69) is 31.1 Å². The van der Waals surface area contributed by atoms with Crippen LogP contribution >= 0.6 is 22.9 Å². The highest BCUT2D eigenvalue weighted by atomic mass is 35.5. The molecule has 0 radical (unpaired) electrons. The Kier molecular flexibility index (Phi) is 10.7. The molecule has 1 unspecified atom stereocenters. The third-order valence-corrected chi connectivity index (χ3v) is 9.42. The van der Waals surface area contributed by atoms with Gasteiger partial charge in [0, 0.05) is 21.4 Å². The Bertz CT molecular complexity index is 1700. The first-order valence-electron chi connectivity index (χ1n) is 13.8. The molecule has 2 amide bonds. The number of nitrogens with one attached hydrogen (secondary N) is 1. The average molecular weight is 656 g/mol. The monoisotopic (exact) mass is 655 g/mol. The summed E-state index contributed by atoms with van der Waals surface area (Å²) in [7, 11) is -3.42. The van der Waals surface area contributed by atoms with Gasteiger partial charge < -0.3 is 20.5 Å². The van der Waals surface area contributed by atoms with Gasteiger partial charge in [-0.1, -0.05) is 50.6 Å². The molecule has 0 aliphatic rings. The van der Waals surface area contributed by atoms with Gasteiger partial charge in [0.15, 0.2) is 9.84 Å². The molecule has 0 saturated heterocycles. The van der Waals surface area contributed by atoms with Crippen molar-refractivity contribution in [1.29, 1.82) is 0 Å². The van der Waals surface area contributed by atoms with Crippen LogP contribution in [0.5, 0.6) is 11.5 Å². The van der Waals surface area contributed by atoms with Crippen molar-refractivity contribution in [1.82, 2.24) is 10.3 Å². The van der Waals surface area contributed by atoms with Crippen molar-refractivity contribution in [3.05, 3.63) is 105 Å². The summed E-state index contributed by atoms with van der Waals surface area (Å²) in [5, 5.41) is 5.82. The predicted octanol–water partition coefficient (Wildman–Crippen LogP) is 5.70. The molecule has 1 heterocycles. The summed E-state index contributed by atoms with van der Waals surface area (Å²) in [6.07, 6.45) is -0.495. The molecule has 1 atom stereocenters. The van der Waals surface area contributed by atoms with Gasteiger partial charge in [-0.3, -0.25) is 9.59 Å². The number of primary amides is 1. The molecule has 0 spiro atoms. The summed E-state index contributed by atoms with van der Waals surface area (Å²) < 4.78 is 36.6. The van der Waals surface area contributed by atoms with Gasteiger partial charge >= 0.3 is 0 Å². The fourth-order valence-corrected chi connectivity index (χ4v) is 6.42. The number of benzene rings is 3. The van der Waals surface area contributed by atoms with Gasteiger partial charge in [0.05, 0.1) is 16.3 Å². The van der Waals surface area contributed by atoms with Crippen LogP contribution in [0.3, 0.4) is 0 Å². The number of hydrogen-bond acceptors (Lipinski definition) is 8. The second-order valence-corrected chi connectivity index (χ2v) is 14.6. The number of aromatic nitrogens is 1. The highest BCUT2D eigenvalue weighted by Crippen LogP contribution is 2.25. The summed E-state index contributed by atoms with van der Waals surface area (Å²) in [5.74, 6) is -0.680. The summed E-state index contributed by atoms with van der Waals surface area (Å²) in [4.78, 5) is 29.9. The Labute approximate surface area is 266 Å². The number of ether oxygens (including phenoxy) is 2. The first-order valence-corrected chi connectivity index (χ1v) is 16.7. The zero-order valence-electron chi connectivity index (χ0n) is 24.6. The first kappa shape index (κ1) is 33.0. The van der Waals surface area contributed by atoms with Gasteiger partial charge in [0.1, 0.15) is 23.1 Å². The van der Waals surface area contributed by atoms with E-state index in [1.165, 1.54) is 23.5 Å². The van der Waals surface area contributed by atoms with Gasteiger partial charge in [-0.15, -0.1) is 11.3 Å². The third-order valence-electron chi connectivity index (χ3n) is 6.53. The molecule has 44 heavy (non-hydrogen) atoms. The molecular weight excluding hydrogens is 622 g/mol. The highest BCUT2D eigenvalue weighted by molar-refractivity contribution is 7.91. The Morgan fingerprint density at radius 2 is 1.73 bits per heavy atom. The molecule has 1 aromatic heterocycles. The van der Waals surface area contributed by atoms with Crippen LogP contribution < -0.4 is 20.5 Å². The summed E-state index contributed by atoms with van der Waals surface area (Å²) in [5.41, 5.74) is 7.58. The van der Waals surface area contributed by atoms with Crippen LogP contribution in [0.4, 0.5) is 0 Å². The van der Waals surface area contributed by atoms with Crippen LogP contribution in [0.25, 0.3) is 0 Å². The van der Waals surface area contributed by atoms with Crippen LogP contribution in [0.2, 0.25) is 5.02 Å². The van der Waals surface area contributed by atoms with Gasteiger partial charge in [-0.05, 0) is 73.0 Å². The smallest absolute Gasteiger partial charge is 0.280 e. The predicted molar refractivity (Wildman–Crippen MR) is 171 cm³/mol. The maximum atomic E-state index is 12.9. The molecule has 232 valence electrons. The van der Waals surface area contributed by atoms with Gasteiger partial charge in [-0.2, -0.15) is 0 Å². The number of amides is 2. The van der Waals surface area contributed by atoms with Gasteiger partial charge in [0.25, 0.3) is 18.0 Å². The molecule has 0 bridgehead atoms. The molecular formula is C32H34ClN3O6S2. The maximum Gasteiger partial charge on any atom is 0.280 e. The number of nitrogens with two attached hydrogens (primary N) is 1. The molecule has 0 aliphatic carbocycles. The minimum absolute atomic E-state index is 0.0159.